The summed E-state index contributed by atoms with van der Waals surface area (Å²) < 4.78 is 51.4. The zero-order valence-electron chi connectivity index (χ0n) is 18.3. The first-order valence-corrected chi connectivity index (χ1v) is 10.9. The summed E-state index contributed by atoms with van der Waals surface area (Å²) in [4.78, 5) is 25.3. The average Bonchev–Trinajstić information content (AvgIpc) is 3.49. The summed E-state index contributed by atoms with van der Waals surface area (Å²) >= 11 is 0. The van der Waals surface area contributed by atoms with Gasteiger partial charge in [0, 0.05) is 26.2 Å². The Morgan fingerprint density at radius 3 is 2.36 bits per heavy atom. The van der Waals surface area contributed by atoms with Crippen LogP contribution in [0.25, 0.3) is 0 Å². The molecule has 0 unspecified atom stereocenters. The molecule has 0 spiro atoms. The van der Waals surface area contributed by atoms with Gasteiger partial charge in [0.15, 0.2) is 17.3 Å². The largest absolute Gasteiger partial charge is 0.493 e. The Balaban J connectivity index is 1.84. The van der Waals surface area contributed by atoms with Crippen molar-refractivity contribution in [2.75, 3.05) is 33.6 Å². The molecule has 1 amide bonds. The lowest BCUT2D eigenvalue weighted by molar-refractivity contribution is 0.0441. The van der Waals surface area contributed by atoms with Gasteiger partial charge in [-0.25, -0.2) is 17.5 Å². The van der Waals surface area contributed by atoms with E-state index < -0.39 is 21.9 Å². The highest BCUT2D eigenvalue weighted by Gasteiger charge is 2.24. The maximum Gasteiger partial charge on any atom is 0.340 e. The highest BCUT2D eigenvalue weighted by Crippen LogP contribution is 2.34. The van der Waals surface area contributed by atoms with Crippen LogP contribution in [0.3, 0.4) is 0 Å². The number of benzene rings is 1. The van der Waals surface area contributed by atoms with Crippen LogP contribution in [0, 0.1) is 0 Å². The van der Waals surface area contributed by atoms with Crippen LogP contribution in [-0.2, 0) is 21.4 Å². The minimum atomic E-state index is -3.77. The van der Waals surface area contributed by atoms with Gasteiger partial charge in [-0.05, 0) is 24.3 Å². The Hall–Kier alpha value is -3.77. The van der Waals surface area contributed by atoms with Gasteiger partial charge in [-0.3, -0.25) is 4.79 Å². The number of rotatable bonds is 9. The molecule has 0 atom stereocenters. The number of hydrogen-bond donors (Lipinski definition) is 1. The Labute approximate surface area is 189 Å². The van der Waals surface area contributed by atoms with E-state index in [1.54, 1.807) is 6.07 Å². The normalized spacial score (nSPS) is 11.3. The molecule has 3 rings (SSSR count). The van der Waals surface area contributed by atoms with Gasteiger partial charge in [0.2, 0.25) is 5.09 Å². The van der Waals surface area contributed by atoms with Crippen LogP contribution in [0.4, 0.5) is 5.69 Å². The quantitative estimate of drug-likeness (QED) is 0.460. The summed E-state index contributed by atoms with van der Waals surface area (Å²) in [5, 5.41) is 2.30. The molecule has 0 radical (unpaired) electrons. The third kappa shape index (κ3) is 5.18. The summed E-state index contributed by atoms with van der Waals surface area (Å²) in [5.74, 6) is -0.754. The number of furan rings is 2. The van der Waals surface area contributed by atoms with E-state index in [4.69, 9.17) is 23.0 Å². The summed E-state index contributed by atoms with van der Waals surface area (Å²) in [6.45, 7) is -0.346. The lowest BCUT2D eigenvalue weighted by Gasteiger charge is -2.14. The predicted octanol–water partition coefficient (Wildman–Crippen LogP) is 2.75. The summed E-state index contributed by atoms with van der Waals surface area (Å²) in [7, 11) is 1.77. The number of ether oxygens (including phenoxy) is 3. The second kappa shape index (κ2) is 9.79. The van der Waals surface area contributed by atoms with Gasteiger partial charge in [0.25, 0.3) is 15.9 Å². The fraction of sp³-hybridized carbons (Fsp3) is 0.238. The molecule has 0 fully saturated rings. The number of hydrogen-bond acceptors (Lipinski definition) is 9. The summed E-state index contributed by atoms with van der Waals surface area (Å²) in [6, 6.07) is 8.42. The molecule has 12 heteroatoms. The number of amides is 1. The lowest BCUT2D eigenvalue weighted by Crippen LogP contribution is -2.21. The number of nitrogens with zero attached hydrogens (tertiary/aromatic N) is 1. The highest BCUT2D eigenvalue weighted by molar-refractivity contribution is 7.88. The molecular weight excluding hydrogens is 456 g/mol. The minimum absolute atomic E-state index is 0.0275. The van der Waals surface area contributed by atoms with Crippen molar-refractivity contribution >= 4 is 27.6 Å². The molecule has 3 aromatic rings. The van der Waals surface area contributed by atoms with Crippen molar-refractivity contribution in [2.45, 2.75) is 11.7 Å². The van der Waals surface area contributed by atoms with Gasteiger partial charge in [-0.1, -0.05) is 0 Å². The molecule has 2 heterocycles. The molecule has 0 aliphatic carbocycles. The smallest absolute Gasteiger partial charge is 0.340 e. The van der Waals surface area contributed by atoms with E-state index in [9.17, 15) is 18.0 Å². The number of sulfonamides is 1. The number of anilines is 1. The molecule has 0 bridgehead atoms. The number of esters is 1. The van der Waals surface area contributed by atoms with Crippen LogP contribution in [0.2, 0.25) is 0 Å². The summed E-state index contributed by atoms with van der Waals surface area (Å²) in [6.07, 6.45) is 1.34. The Kier molecular flexibility index (Phi) is 7.09. The Bertz CT molecular complexity index is 1240. The van der Waals surface area contributed by atoms with Gasteiger partial charge in [-0.15, -0.1) is 0 Å². The molecule has 11 nitrogen and oxygen atoms in total. The first-order valence-electron chi connectivity index (χ1n) is 9.46. The van der Waals surface area contributed by atoms with E-state index in [0.29, 0.717) is 0 Å². The molecule has 0 aliphatic heterocycles. The van der Waals surface area contributed by atoms with Gasteiger partial charge in [-0.2, -0.15) is 0 Å². The van der Waals surface area contributed by atoms with Crippen molar-refractivity contribution in [1.29, 1.82) is 0 Å². The third-order valence-corrected chi connectivity index (χ3v) is 6.14. The van der Waals surface area contributed by atoms with E-state index in [1.807, 2.05) is 0 Å². The van der Waals surface area contributed by atoms with Crippen LogP contribution >= 0.6 is 0 Å². The van der Waals surface area contributed by atoms with Gasteiger partial charge in [0.05, 0.1) is 31.7 Å². The SMILES string of the molecule is COc1cc(NC(=O)c2ccco2)c(C(=O)OCc2ccc(S(=O)(=O)N(C)C)o2)cc1OC. The molecular formula is C21H22N2O9S. The molecule has 2 aromatic heterocycles. The highest BCUT2D eigenvalue weighted by atomic mass is 32.2. The molecule has 176 valence electrons. The molecule has 1 N–H and O–H groups in total. The van der Waals surface area contributed by atoms with Crippen LogP contribution in [0.1, 0.15) is 26.7 Å². The predicted molar refractivity (Wildman–Crippen MR) is 115 cm³/mol. The van der Waals surface area contributed by atoms with Crippen molar-refractivity contribution in [3.05, 3.63) is 59.7 Å². The van der Waals surface area contributed by atoms with E-state index >= 15 is 0 Å². The minimum Gasteiger partial charge on any atom is -0.493 e. The average molecular weight is 478 g/mol. The van der Waals surface area contributed by atoms with Crippen molar-refractivity contribution in [3.8, 4) is 11.5 Å². The second-order valence-electron chi connectivity index (χ2n) is 6.77. The fourth-order valence-corrected chi connectivity index (χ4v) is 3.52. The van der Waals surface area contributed by atoms with Crippen LogP contribution in [-0.4, -0.2) is 52.9 Å². The summed E-state index contributed by atoms with van der Waals surface area (Å²) in [5.41, 5.74) is 0.0645. The molecule has 33 heavy (non-hydrogen) atoms. The lowest BCUT2D eigenvalue weighted by atomic mass is 10.1. The number of carbonyl (C=O) groups excluding carboxylic acids is 2. The Morgan fingerprint density at radius 1 is 1.06 bits per heavy atom. The third-order valence-electron chi connectivity index (χ3n) is 4.45. The molecule has 0 aliphatic rings. The maximum atomic E-state index is 12.8. The maximum absolute atomic E-state index is 12.8. The van der Waals surface area contributed by atoms with Crippen LogP contribution < -0.4 is 14.8 Å². The van der Waals surface area contributed by atoms with Crippen LogP contribution in [0.5, 0.6) is 11.5 Å². The number of methoxy groups -OCH3 is 2. The van der Waals surface area contributed by atoms with E-state index in [1.165, 1.54) is 64.9 Å². The Morgan fingerprint density at radius 2 is 1.76 bits per heavy atom. The molecule has 0 saturated carbocycles. The first-order chi connectivity index (χ1) is 15.7. The van der Waals surface area contributed by atoms with Crippen molar-refractivity contribution < 1.29 is 41.1 Å². The van der Waals surface area contributed by atoms with Crippen molar-refractivity contribution in [2.24, 2.45) is 0 Å². The first kappa shape index (κ1) is 23.9. The number of nitrogens with one attached hydrogen (secondary N) is 1. The monoisotopic (exact) mass is 478 g/mol. The van der Waals surface area contributed by atoms with Gasteiger partial charge >= 0.3 is 5.97 Å². The number of carbonyl (C=O) groups is 2. The zero-order chi connectivity index (χ0) is 24.2. The van der Waals surface area contributed by atoms with Crippen molar-refractivity contribution in [3.63, 3.8) is 0 Å². The topological polar surface area (TPSA) is 138 Å². The van der Waals surface area contributed by atoms with E-state index in [-0.39, 0.29) is 46.0 Å². The van der Waals surface area contributed by atoms with Gasteiger partial charge < -0.3 is 28.4 Å². The zero-order valence-corrected chi connectivity index (χ0v) is 19.1. The van der Waals surface area contributed by atoms with E-state index in [2.05, 4.69) is 5.32 Å². The van der Waals surface area contributed by atoms with E-state index in [0.717, 1.165) is 4.31 Å². The molecule has 0 saturated heterocycles. The fourth-order valence-electron chi connectivity index (χ4n) is 2.71. The molecule has 1 aromatic carbocycles. The van der Waals surface area contributed by atoms with Crippen molar-refractivity contribution in [1.82, 2.24) is 4.31 Å². The van der Waals surface area contributed by atoms with Crippen LogP contribution in [0.15, 0.2) is 56.6 Å². The second-order valence-corrected chi connectivity index (χ2v) is 8.85. The standard InChI is InChI=1S/C21H22N2O9S/c1-23(2)33(26,27)19-8-7-13(32-19)12-31-21(25)14-10-17(28-3)18(29-4)11-15(14)22-20(24)16-6-5-9-30-16/h5-11H,12H2,1-4H3,(H,22,24). The van der Waals surface area contributed by atoms with Gasteiger partial charge in [0.1, 0.15) is 12.4 Å².